The van der Waals surface area contributed by atoms with Gasteiger partial charge in [0.05, 0.1) is 6.54 Å². The molecule has 0 aromatic carbocycles. The van der Waals surface area contributed by atoms with Crippen LogP contribution >= 0.6 is 35.3 Å². The van der Waals surface area contributed by atoms with Crippen molar-refractivity contribution in [2.75, 3.05) is 45.8 Å². The van der Waals surface area contributed by atoms with E-state index in [0.717, 1.165) is 64.6 Å². The summed E-state index contributed by atoms with van der Waals surface area (Å²) in [6.07, 6.45) is 4.65. The molecule has 0 spiro atoms. The maximum Gasteiger partial charge on any atom is 0.225 e. The number of thiophene rings is 1. The second kappa shape index (κ2) is 12.6. The SMILES string of the molecule is CCNC(=NCc1ccsc1)NCCN1CCN(C(=O)C2CCCC2)CC1.I. The summed E-state index contributed by atoms with van der Waals surface area (Å²) >= 11 is 1.71. The van der Waals surface area contributed by atoms with Crippen LogP contribution in [-0.2, 0) is 11.3 Å². The Hall–Kier alpha value is -0.870. The molecule has 6 nitrogen and oxygen atoms in total. The minimum atomic E-state index is 0. The summed E-state index contributed by atoms with van der Waals surface area (Å²) in [6, 6.07) is 2.12. The Balaban J connectivity index is 0.00000280. The van der Waals surface area contributed by atoms with Crippen molar-refractivity contribution in [3.05, 3.63) is 22.4 Å². The molecule has 28 heavy (non-hydrogen) atoms. The van der Waals surface area contributed by atoms with Crippen molar-refractivity contribution in [1.29, 1.82) is 0 Å². The Bertz CT molecular complexity index is 596. The first-order valence-electron chi connectivity index (χ1n) is 10.3. The van der Waals surface area contributed by atoms with Crippen molar-refractivity contribution in [2.45, 2.75) is 39.2 Å². The van der Waals surface area contributed by atoms with E-state index < -0.39 is 0 Å². The largest absolute Gasteiger partial charge is 0.357 e. The maximum absolute atomic E-state index is 12.5. The number of hydrogen-bond acceptors (Lipinski definition) is 4. The van der Waals surface area contributed by atoms with Crippen LogP contribution in [0.25, 0.3) is 0 Å². The molecule has 1 aliphatic heterocycles. The third-order valence-electron chi connectivity index (χ3n) is 5.45. The van der Waals surface area contributed by atoms with Crippen molar-refractivity contribution >= 4 is 47.2 Å². The van der Waals surface area contributed by atoms with Crippen molar-refractivity contribution in [3.8, 4) is 0 Å². The molecule has 1 aromatic heterocycles. The highest BCUT2D eigenvalue weighted by atomic mass is 127. The molecule has 1 saturated heterocycles. The summed E-state index contributed by atoms with van der Waals surface area (Å²) < 4.78 is 0. The van der Waals surface area contributed by atoms with Crippen molar-refractivity contribution in [1.82, 2.24) is 20.4 Å². The highest BCUT2D eigenvalue weighted by Gasteiger charge is 2.29. The van der Waals surface area contributed by atoms with Crippen molar-refractivity contribution in [2.24, 2.45) is 10.9 Å². The van der Waals surface area contributed by atoms with E-state index in [1.54, 1.807) is 11.3 Å². The van der Waals surface area contributed by atoms with Crippen LogP contribution < -0.4 is 10.6 Å². The number of hydrogen-bond donors (Lipinski definition) is 2. The molecule has 0 radical (unpaired) electrons. The molecule has 1 aromatic rings. The number of carbonyl (C=O) groups excluding carboxylic acids is 1. The van der Waals surface area contributed by atoms with Gasteiger partial charge in [0.2, 0.25) is 5.91 Å². The average molecular weight is 519 g/mol. The van der Waals surface area contributed by atoms with E-state index >= 15 is 0 Å². The van der Waals surface area contributed by atoms with Gasteiger partial charge in [0, 0.05) is 51.7 Å². The van der Waals surface area contributed by atoms with Crippen molar-refractivity contribution in [3.63, 3.8) is 0 Å². The number of nitrogens with zero attached hydrogens (tertiary/aromatic N) is 3. The molecule has 0 atom stereocenters. The van der Waals surface area contributed by atoms with Gasteiger partial charge in [-0.15, -0.1) is 24.0 Å². The Morgan fingerprint density at radius 1 is 1.21 bits per heavy atom. The van der Waals surface area contributed by atoms with Gasteiger partial charge >= 0.3 is 0 Å². The average Bonchev–Trinajstić information content (AvgIpc) is 3.40. The zero-order valence-electron chi connectivity index (χ0n) is 16.9. The van der Waals surface area contributed by atoms with Crippen molar-refractivity contribution < 1.29 is 4.79 Å². The van der Waals surface area contributed by atoms with E-state index in [2.05, 4.69) is 49.2 Å². The molecule has 1 amide bonds. The van der Waals surface area contributed by atoms with Crippen LogP contribution in [0.2, 0.25) is 0 Å². The number of amides is 1. The summed E-state index contributed by atoms with van der Waals surface area (Å²) in [5.41, 5.74) is 1.25. The van der Waals surface area contributed by atoms with E-state index in [1.807, 2.05) is 0 Å². The maximum atomic E-state index is 12.5. The molecule has 3 rings (SSSR count). The van der Waals surface area contributed by atoms with Crippen LogP contribution in [0.5, 0.6) is 0 Å². The first kappa shape index (κ1) is 23.4. The van der Waals surface area contributed by atoms with E-state index in [-0.39, 0.29) is 24.0 Å². The summed E-state index contributed by atoms with van der Waals surface area (Å²) in [4.78, 5) is 21.7. The van der Waals surface area contributed by atoms with E-state index in [4.69, 9.17) is 0 Å². The highest BCUT2D eigenvalue weighted by Crippen LogP contribution is 2.26. The van der Waals surface area contributed by atoms with Gasteiger partial charge in [-0.25, -0.2) is 4.99 Å². The van der Waals surface area contributed by atoms with Gasteiger partial charge in [-0.1, -0.05) is 12.8 Å². The second-order valence-corrected chi connectivity index (χ2v) is 8.18. The molecule has 1 aliphatic carbocycles. The molecular formula is C20H34IN5OS. The summed E-state index contributed by atoms with van der Waals surface area (Å²) in [5, 5.41) is 11.0. The number of guanidine groups is 1. The minimum absolute atomic E-state index is 0. The van der Waals surface area contributed by atoms with Crippen LogP contribution in [0.3, 0.4) is 0 Å². The molecule has 158 valence electrons. The molecule has 0 unspecified atom stereocenters. The summed E-state index contributed by atoms with van der Waals surface area (Å²) in [5.74, 6) is 1.58. The molecule has 2 N–H and O–H groups in total. The standard InChI is InChI=1S/C20H33N5OS.HI/c1-2-21-20(23-15-17-7-14-27-16-17)22-8-9-24-10-12-25(13-11-24)19(26)18-5-3-4-6-18;/h7,14,16,18H,2-6,8-13,15H2,1H3,(H2,21,22,23);1H. The predicted molar refractivity (Wildman–Crippen MR) is 128 cm³/mol. The predicted octanol–water partition coefficient (Wildman–Crippen LogP) is 2.76. The first-order chi connectivity index (χ1) is 13.3. The fourth-order valence-electron chi connectivity index (χ4n) is 3.85. The Morgan fingerprint density at radius 2 is 1.96 bits per heavy atom. The minimum Gasteiger partial charge on any atom is -0.357 e. The summed E-state index contributed by atoms with van der Waals surface area (Å²) in [7, 11) is 0. The lowest BCUT2D eigenvalue weighted by atomic mass is 10.1. The Kier molecular flexibility index (Phi) is 10.6. The number of rotatable bonds is 7. The van der Waals surface area contributed by atoms with Gasteiger partial charge < -0.3 is 15.5 Å². The number of carbonyl (C=O) groups is 1. The quantitative estimate of drug-likeness (QED) is 0.331. The third-order valence-corrected chi connectivity index (χ3v) is 6.18. The number of nitrogens with one attached hydrogen (secondary N) is 2. The fraction of sp³-hybridized carbons (Fsp3) is 0.700. The molecule has 2 fully saturated rings. The Labute approximate surface area is 190 Å². The van der Waals surface area contributed by atoms with Gasteiger partial charge in [0.25, 0.3) is 0 Å². The lowest BCUT2D eigenvalue weighted by Gasteiger charge is -2.36. The Morgan fingerprint density at radius 3 is 2.61 bits per heavy atom. The van der Waals surface area contributed by atoms with E-state index in [9.17, 15) is 4.79 Å². The van der Waals surface area contributed by atoms with Crippen LogP contribution in [0.4, 0.5) is 0 Å². The normalized spacial score (nSPS) is 18.8. The molecule has 2 aliphatic rings. The second-order valence-electron chi connectivity index (χ2n) is 7.40. The zero-order valence-corrected chi connectivity index (χ0v) is 20.0. The van der Waals surface area contributed by atoms with Gasteiger partial charge in [0.15, 0.2) is 5.96 Å². The molecule has 0 bridgehead atoms. The molecule has 2 heterocycles. The lowest BCUT2D eigenvalue weighted by molar-refractivity contribution is -0.137. The van der Waals surface area contributed by atoms with Gasteiger partial charge in [-0.05, 0) is 42.2 Å². The molecular weight excluding hydrogens is 485 g/mol. The lowest BCUT2D eigenvalue weighted by Crippen LogP contribution is -2.51. The van der Waals surface area contributed by atoms with Gasteiger partial charge in [-0.3, -0.25) is 9.69 Å². The zero-order chi connectivity index (χ0) is 18.9. The van der Waals surface area contributed by atoms with Crippen LogP contribution in [-0.4, -0.2) is 67.5 Å². The smallest absolute Gasteiger partial charge is 0.225 e. The highest BCUT2D eigenvalue weighted by molar-refractivity contribution is 14.0. The van der Waals surface area contributed by atoms with E-state index in [1.165, 1.54) is 18.4 Å². The van der Waals surface area contributed by atoms with E-state index in [0.29, 0.717) is 18.4 Å². The summed E-state index contributed by atoms with van der Waals surface area (Å²) in [6.45, 7) is 9.20. The molecule has 1 saturated carbocycles. The third kappa shape index (κ3) is 7.18. The number of halogens is 1. The number of aliphatic imine (C=N–C) groups is 1. The van der Waals surface area contributed by atoms with Crippen LogP contribution in [0, 0.1) is 5.92 Å². The fourth-order valence-corrected chi connectivity index (χ4v) is 4.51. The van der Waals surface area contributed by atoms with Crippen LogP contribution in [0.15, 0.2) is 21.8 Å². The van der Waals surface area contributed by atoms with Gasteiger partial charge in [0.1, 0.15) is 0 Å². The number of piperazine rings is 1. The van der Waals surface area contributed by atoms with Crippen LogP contribution in [0.1, 0.15) is 38.2 Å². The molecule has 8 heteroatoms. The monoisotopic (exact) mass is 519 g/mol. The first-order valence-corrected chi connectivity index (χ1v) is 11.2. The topological polar surface area (TPSA) is 60.0 Å². The van der Waals surface area contributed by atoms with Gasteiger partial charge in [-0.2, -0.15) is 11.3 Å².